The lowest BCUT2D eigenvalue weighted by Gasteiger charge is -2.19. The Morgan fingerprint density at radius 2 is 2.00 bits per heavy atom. The largest absolute Gasteiger partial charge is 0.486 e. The van der Waals surface area contributed by atoms with E-state index in [4.69, 9.17) is 26.2 Å². The van der Waals surface area contributed by atoms with Crippen LogP contribution < -0.4 is 9.47 Å². The van der Waals surface area contributed by atoms with Crippen molar-refractivity contribution >= 4 is 29.7 Å². The summed E-state index contributed by atoms with van der Waals surface area (Å²) in [5, 5.41) is 9.36. The SMILES string of the molecule is O=C(O)c1cc(/C=C/c2cc(Cl)c3c(c2)OCCO3)ncn1. The third kappa shape index (κ3) is 3.01. The number of aromatic carboxylic acids is 1. The molecule has 1 aromatic carbocycles. The highest BCUT2D eigenvalue weighted by molar-refractivity contribution is 6.32. The van der Waals surface area contributed by atoms with Crippen LogP contribution in [0.5, 0.6) is 11.5 Å². The van der Waals surface area contributed by atoms with E-state index in [0.717, 1.165) is 5.56 Å². The molecule has 7 heteroatoms. The number of hydrogen-bond donors (Lipinski definition) is 1. The Balaban J connectivity index is 1.88. The molecule has 6 nitrogen and oxygen atoms in total. The molecule has 0 bridgehead atoms. The molecule has 1 aliphatic heterocycles. The summed E-state index contributed by atoms with van der Waals surface area (Å²) in [5.74, 6) is 0.0343. The minimum absolute atomic E-state index is 0.0603. The van der Waals surface area contributed by atoms with Crippen molar-refractivity contribution in [1.29, 1.82) is 0 Å². The Labute approximate surface area is 131 Å². The molecule has 2 heterocycles. The molecule has 2 aromatic rings. The summed E-state index contributed by atoms with van der Waals surface area (Å²) in [7, 11) is 0. The summed E-state index contributed by atoms with van der Waals surface area (Å²) in [5.41, 5.74) is 1.22. The fourth-order valence-corrected chi connectivity index (χ4v) is 2.26. The first-order valence-corrected chi connectivity index (χ1v) is 6.84. The van der Waals surface area contributed by atoms with Crippen LogP contribution in [0.3, 0.4) is 0 Å². The first-order valence-electron chi connectivity index (χ1n) is 6.46. The Bertz CT molecular complexity index is 761. The van der Waals surface area contributed by atoms with Crippen LogP contribution in [0.1, 0.15) is 21.7 Å². The first kappa shape index (κ1) is 14.3. The zero-order valence-corrected chi connectivity index (χ0v) is 12.1. The van der Waals surface area contributed by atoms with E-state index in [2.05, 4.69) is 9.97 Å². The summed E-state index contributed by atoms with van der Waals surface area (Å²) < 4.78 is 10.9. The lowest BCUT2D eigenvalue weighted by molar-refractivity contribution is 0.0690. The minimum Gasteiger partial charge on any atom is -0.486 e. The van der Waals surface area contributed by atoms with Crippen LogP contribution in [0.4, 0.5) is 0 Å². The van der Waals surface area contributed by atoms with Gasteiger partial charge in [-0.25, -0.2) is 14.8 Å². The highest BCUT2D eigenvalue weighted by atomic mass is 35.5. The van der Waals surface area contributed by atoms with Crippen molar-refractivity contribution in [3.63, 3.8) is 0 Å². The predicted octanol–water partition coefficient (Wildman–Crippen LogP) is 2.77. The van der Waals surface area contributed by atoms with Crippen LogP contribution in [0.15, 0.2) is 24.5 Å². The number of nitrogens with zero attached hydrogens (tertiary/aromatic N) is 2. The monoisotopic (exact) mass is 318 g/mol. The minimum atomic E-state index is -1.10. The Morgan fingerprint density at radius 1 is 1.18 bits per heavy atom. The van der Waals surface area contributed by atoms with E-state index in [9.17, 15) is 4.79 Å². The van der Waals surface area contributed by atoms with Gasteiger partial charge in [0.25, 0.3) is 0 Å². The molecule has 3 rings (SSSR count). The maximum atomic E-state index is 10.9. The fourth-order valence-electron chi connectivity index (χ4n) is 1.99. The predicted molar refractivity (Wildman–Crippen MR) is 80.4 cm³/mol. The molecular weight excluding hydrogens is 308 g/mol. The average molecular weight is 319 g/mol. The normalized spacial score (nSPS) is 13.3. The van der Waals surface area contributed by atoms with Gasteiger partial charge in [-0.1, -0.05) is 17.7 Å². The van der Waals surface area contributed by atoms with Gasteiger partial charge < -0.3 is 14.6 Å². The number of carboxylic acids is 1. The van der Waals surface area contributed by atoms with Crippen molar-refractivity contribution in [1.82, 2.24) is 9.97 Å². The lowest BCUT2D eigenvalue weighted by Crippen LogP contribution is -2.15. The van der Waals surface area contributed by atoms with Gasteiger partial charge in [-0.2, -0.15) is 0 Å². The topological polar surface area (TPSA) is 81.5 Å². The molecule has 0 saturated heterocycles. The molecule has 0 saturated carbocycles. The van der Waals surface area contributed by atoms with Crippen LogP contribution in [0.25, 0.3) is 12.2 Å². The van der Waals surface area contributed by atoms with Crippen molar-refractivity contribution < 1.29 is 19.4 Å². The van der Waals surface area contributed by atoms with Crippen LogP contribution in [0, 0.1) is 0 Å². The number of carbonyl (C=O) groups is 1. The van der Waals surface area contributed by atoms with Crippen LogP contribution in [0.2, 0.25) is 5.02 Å². The van der Waals surface area contributed by atoms with Gasteiger partial charge in [-0.05, 0) is 29.8 Å². The van der Waals surface area contributed by atoms with Gasteiger partial charge in [0.1, 0.15) is 19.5 Å². The number of halogens is 1. The highest BCUT2D eigenvalue weighted by Gasteiger charge is 2.15. The number of aromatic nitrogens is 2. The summed E-state index contributed by atoms with van der Waals surface area (Å²) in [6.07, 6.45) is 4.65. The van der Waals surface area contributed by atoms with Crippen molar-refractivity contribution in [3.8, 4) is 11.5 Å². The molecule has 1 aromatic heterocycles. The van der Waals surface area contributed by atoms with E-state index in [-0.39, 0.29) is 5.69 Å². The molecular formula is C15H11ClN2O4. The molecule has 1 N–H and O–H groups in total. The van der Waals surface area contributed by atoms with Crippen LogP contribution >= 0.6 is 11.6 Å². The second-order valence-corrected chi connectivity index (χ2v) is 4.90. The van der Waals surface area contributed by atoms with E-state index in [1.807, 2.05) is 0 Å². The van der Waals surface area contributed by atoms with E-state index < -0.39 is 5.97 Å². The Hall–Kier alpha value is -2.60. The molecule has 0 amide bonds. The van der Waals surface area contributed by atoms with Gasteiger partial charge in [0.2, 0.25) is 0 Å². The van der Waals surface area contributed by atoms with E-state index in [0.29, 0.717) is 35.4 Å². The maximum absolute atomic E-state index is 10.9. The number of fused-ring (bicyclic) bond motifs is 1. The second-order valence-electron chi connectivity index (χ2n) is 4.49. The average Bonchev–Trinajstić information content (AvgIpc) is 2.53. The van der Waals surface area contributed by atoms with Gasteiger partial charge >= 0.3 is 5.97 Å². The zero-order valence-electron chi connectivity index (χ0n) is 11.3. The number of carboxylic acid groups (broad SMARTS) is 1. The number of hydrogen-bond acceptors (Lipinski definition) is 5. The Kier molecular flexibility index (Phi) is 3.93. The smallest absolute Gasteiger partial charge is 0.354 e. The van der Waals surface area contributed by atoms with Crippen LogP contribution in [-0.2, 0) is 0 Å². The zero-order chi connectivity index (χ0) is 15.5. The molecule has 0 atom stereocenters. The molecule has 0 radical (unpaired) electrons. The standard InChI is InChI=1S/C15H11ClN2O4/c16-11-5-9(6-13-14(11)22-4-3-21-13)1-2-10-7-12(15(19)20)18-8-17-10/h1-2,5-8H,3-4H2,(H,19,20)/b2-1+. The van der Waals surface area contributed by atoms with E-state index in [1.165, 1.54) is 12.4 Å². The molecule has 1 aliphatic rings. The van der Waals surface area contributed by atoms with Crippen molar-refractivity contribution in [2.75, 3.05) is 13.2 Å². The Morgan fingerprint density at radius 3 is 2.82 bits per heavy atom. The summed E-state index contributed by atoms with van der Waals surface area (Å²) >= 11 is 6.15. The van der Waals surface area contributed by atoms with E-state index in [1.54, 1.807) is 24.3 Å². The summed E-state index contributed by atoms with van der Waals surface area (Å²) in [6, 6.07) is 4.93. The number of ether oxygens (including phenoxy) is 2. The summed E-state index contributed by atoms with van der Waals surface area (Å²) in [6.45, 7) is 0.950. The van der Waals surface area contributed by atoms with Gasteiger partial charge in [0, 0.05) is 0 Å². The molecule has 0 unspecified atom stereocenters. The van der Waals surface area contributed by atoms with E-state index >= 15 is 0 Å². The summed E-state index contributed by atoms with van der Waals surface area (Å²) in [4.78, 5) is 18.5. The van der Waals surface area contributed by atoms with Crippen molar-refractivity contribution in [3.05, 3.63) is 46.5 Å². The molecule has 22 heavy (non-hydrogen) atoms. The van der Waals surface area contributed by atoms with Crippen LogP contribution in [-0.4, -0.2) is 34.3 Å². The molecule has 0 fully saturated rings. The van der Waals surface area contributed by atoms with Crippen molar-refractivity contribution in [2.24, 2.45) is 0 Å². The number of benzene rings is 1. The number of rotatable bonds is 3. The fraction of sp³-hybridized carbons (Fsp3) is 0.133. The van der Waals surface area contributed by atoms with Gasteiger partial charge in [-0.15, -0.1) is 0 Å². The quantitative estimate of drug-likeness (QED) is 0.937. The molecule has 112 valence electrons. The maximum Gasteiger partial charge on any atom is 0.354 e. The lowest BCUT2D eigenvalue weighted by atomic mass is 10.1. The van der Waals surface area contributed by atoms with Crippen molar-refractivity contribution in [2.45, 2.75) is 0 Å². The van der Waals surface area contributed by atoms with Gasteiger partial charge in [-0.3, -0.25) is 0 Å². The van der Waals surface area contributed by atoms with Gasteiger partial charge in [0.05, 0.1) is 10.7 Å². The molecule has 0 aliphatic carbocycles. The third-order valence-electron chi connectivity index (χ3n) is 2.97. The van der Waals surface area contributed by atoms with Gasteiger partial charge in [0.15, 0.2) is 17.2 Å². The third-order valence-corrected chi connectivity index (χ3v) is 3.25. The highest BCUT2D eigenvalue weighted by Crippen LogP contribution is 2.38. The second kappa shape index (κ2) is 6.03. The first-order chi connectivity index (χ1) is 10.6. The molecule has 0 spiro atoms.